The SMILES string of the molecule is CCOC(=O)[C@H](O)[C@H](N)Cc1ccccc1.COc1ccc(Cn2nc(C(=O)O)cc2C(=O)O)cc1. The minimum atomic E-state index is -1.26. The van der Waals surface area contributed by atoms with Crippen molar-refractivity contribution in [2.75, 3.05) is 13.7 Å². The molecule has 1 heterocycles. The summed E-state index contributed by atoms with van der Waals surface area (Å²) in [5, 5.41) is 31.3. The molecule has 0 unspecified atom stereocenters. The van der Waals surface area contributed by atoms with E-state index in [1.807, 2.05) is 30.3 Å². The Labute approximate surface area is 207 Å². The van der Waals surface area contributed by atoms with Gasteiger partial charge in [0.2, 0.25) is 0 Å². The van der Waals surface area contributed by atoms with E-state index in [9.17, 15) is 19.5 Å². The van der Waals surface area contributed by atoms with Gasteiger partial charge in [-0.05, 0) is 36.6 Å². The second-order valence-electron chi connectivity index (χ2n) is 7.58. The number of carbonyl (C=O) groups is 3. The van der Waals surface area contributed by atoms with Gasteiger partial charge in [0, 0.05) is 12.1 Å². The lowest BCUT2D eigenvalue weighted by Gasteiger charge is -2.17. The molecule has 0 fully saturated rings. The molecule has 11 nitrogen and oxygen atoms in total. The molecule has 36 heavy (non-hydrogen) atoms. The Kier molecular flexibility index (Phi) is 10.6. The predicted octanol–water partition coefficient (Wildman–Crippen LogP) is 1.82. The Morgan fingerprint density at radius 1 is 1.00 bits per heavy atom. The molecule has 0 aliphatic carbocycles. The zero-order valence-corrected chi connectivity index (χ0v) is 19.9. The third kappa shape index (κ3) is 8.22. The smallest absolute Gasteiger partial charge is 0.356 e. The van der Waals surface area contributed by atoms with Gasteiger partial charge in [-0.25, -0.2) is 14.4 Å². The number of hydrogen-bond donors (Lipinski definition) is 4. The summed E-state index contributed by atoms with van der Waals surface area (Å²) in [4.78, 5) is 33.1. The fourth-order valence-corrected chi connectivity index (χ4v) is 3.12. The summed E-state index contributed by atoms with van der Waals surface area (Å²) in [7, 11) is 1.55. The number of aromatic nitrogens is 2. The van der Waals surface area contributed by atoms with Crippen LogP contribution in [0.5, 0.6) is 5.75 Å². The van der Waals surface area contributed by atoms with Crippen LogP contribution < -0.4 is 10.5 Å². The fraction of sp³-hybridized carbons (Fsp3) is 0.280. The number of rotatable bonds is 10. The van der Waals surface area contributed by atoms with Crippen LogP contribution in [0.15, 0.2) is 60.7 Å². The van der Waals surface area contributed by atoms with E-state index in [2.05, 4.69) is 5.10 Å². The van der Waals surface area contributed by atoms with Gasteiger partial charge in [-0.2, -0.15) is 5.10 Å². The zero-order chi connectivity index (χ0) is 26.7. The van der Waals surface area contributed by atoms with E-state index in [1.54, 1.807) is 38.3 Å². The average molecular weight is 500 g/mol. The average Bonchev–Trinajstić information content (AvgIpc) is 3.30. The number of nitrogens with zero attached hydrogens (tertiary/aromatic N) is 2. The Morgan fingerprint density at radius 3 is 2.17 bits per heavy atom. The number of aromatic carboxylic acids is 2. The molecule has 2 aromatic carbocycles. The molecule has 0 saturated carbocycles. The topological polar surface area (TPSA) is 174 Å². The van der Waals surface area contributed by atoms with Gasteiger partial charge in [-0.1, -0.05) is 42.5 Å². The minimum Gasteiger partial charge on any atom is -0.497 e. The largest absolute Gasteiger partial charge is 0.497 e. The van der Waals surface area contributed by atoms with Gasteiger partial charge < -0.3 is 30.5 Å². The summed E-state index contributed by atoms with van der Waals surface area (Å²) in [5.41, 5.74) is 7.04. The number of carboxylic acids is 2. The third-order valence-electron chi connectivity index (χ3n) is 4.96. The standard InChI is InChI=1S/C13H12N2O5.C12H17NO3/c1-20-9-4-2-8(3-5-9)7-15-11(13(18)19)6-10(14-15)12(16)17;1-2-16-12(15)11(14)10(13)8-9-6-4-3-5-7-9/h2-6H,7H2,1H3,(H,16,17)(H,18,19);3-7,10-11,14H,2,8,13H2,1H3/t;10-,11-/m.1/s1. The lowest BCUT2D eigenvalue weighted by Crippen LogP contribution is -2.42. The van der Waals surface area contributed by atoms with E-state index in [-0.39, 0.29) is 24.5 Å². The number of esters is 1. The number of aliphatic hydroxyl groups excluding tert-OH is 1. The molecular weight excluding hydrogens is 470 g/mol. The highest BCUT2D eigenvalue weighted by molar-refractivity contribution is 5.91. The van der Waals surface area contributed by atoms with Crippen molar-refractivity contribution in [3.63, 3.8) is 0 Å². The predicted molar refractivity (Wildman–Crippen MR) is 129 cm³/mol. The van der Waals surface area contributed by atoms with Crippen molar-refractivity contribution in [1.29, 1.82) is 0 Å². The van der Waals surface area contributed by atoms with E-state index < -0.39 is 30.1 Å². The molecule has 0 aliphatic heterocycles. The lowest BCUT2D eigenvalue weighted by molar-refractivity contribution is -0.154. The van der Waals surface area contributed by atoms with Gasteiger partial charge >= 0.3 is 17.9 Å². The van der Waals surface area contributed by atoms with Crippen LogP contribution in [0.25, 0.3) is 0 Å². The Bertz CT molecular complexity index is 1150. The molecular formula is C25H29N3O8. The molecule has 2 atom stereocenters. The normalized spacial score (nSPS) is 12.0. The summed E-state index contributed by atoms with van der Waals surface area (Å²) < 4.78 is 10.9. The van der Waals surface area contributed by atoms with E-state index >= 15 is 0 Å². The van der Waals surface area contributed by atoms with Crippen LogP contribution >= 0.6 is 0 Å². The van der Waals surface area contributed by atoms with Crippen molar-refractivity contribution in [2.45, 2.75) is 32.0 Å². The maximum absolute atomic E-state index is 11.2. The first-order valence-electron chi connectivity index (χ1n) is 11.0. The van der Waals surface area contributed by atoms with Crippen molar-refractivity contribution < 1.29 is 39.2 Å². The number of hydrogen-bond acceptors (Lipinski definition) is 8. The van der Waals surface area contributed by atoms with Crippen molar-refractivity contribution in [3.8, 4) is 5.75 Å². The molecule has 0 radical (unpaired) electrons. The molecule has 5 N–H and O–H groups in total. The second-order valence-corrected chi connectivity index (χ2v) is 7.58. The van der Waals surface area contributed by atoms with Crippen molar-refractivity contribution in [1.82, 2.24) is 9.78 Å². The summed E-state index contributed by atoms with van der Waals surface area (Å²) in [6.07, 6.45) is -0.818. The van der Waals surface area contributed by atoms with Crippen LogP contribution in [0.4, 0.5) is 0 Å². The Hall–Kier alpha value is -4.22. The van der Waals surface area contributed by atoms with Gasteiger partial charge in [-0.15, -0.1) is 0 Å². The maximum atomic E-state index is 11.2. The Morgan fingerprint density at radius 2 is 1.64 bits per heavy atom. The molecule has 3 rings (SSSR count). The number of carbonyl (C=O) groups excluding carboxylic acids is 1. The third-order valence-corrected chi connectivity index (χ3v) is 4.96. The molecule has 0 aliphatic rings. The van der Waals surface area contributed by atoms with E-state index in [1.165, 1.54) is 0 Å². The number of nitrogens with two attached hydrogens (primary N) is 1. The highest BCUT2D eigenvalue weighted by Crippen LogP contribution is 2.14. The minimum absolute atomic E-state index is 0.166. The van der Waals surface area contributed by atoms with E-state index in [4.69, 9.17) is 25.4 Å². The van der Waals surface area contributed by atoms with Crippen LogP contribution in [0.1, 0.15) is 39.0 Å². The first kappa shape index (κ1) is 28.0. The summed E-state index contributed by atoms with van der Waals surface area (Å²) >= 11 is 0. The summed E-state index contributed by atoms with van der Waals surface area (Å²) in [5.74, 6) is -2.47. The Balaban J connectivity index is 0.000000261. The van der Waals surface area contributed by atoms with Crippen LogP contribution in [-0.2, 0) is 22.5 Å². The van der Waals surface area contributed by atoms with Crippen LogP contribution in [0, 0.1) is 0 Å². The second kappa shape index (κ2) is 13.6. The fourth-order valence-electron chi connectivity index (χ4n) is 3.12. The molecule has 0 amide bonds. The number of ether oxygens (including phenoxy) is 2. The number of methoxy groups -OCH3 is 1. The maximum Gasteiger partial charge on any atom is 0.356 e. The van der Waals surface area contributed by atoms with Gasteiger partial charge in [0.15, 0.2) is 11.8 Å². The van der Waals surface area contributed by atoms with E-state index in [0.29, 0.717) is 12.2 Å². The summed E-state index contributed by atoms with van der Waals surface area (Å²) in [6, 6.07) is 16.9. The van der Waals surface area contributed by atoms with Crippen molar-refractivity contribution >= 4 is 17.9 Å². The quantitative estimate of drug-likeness (QED) is 0.301. The zero-order valence-electron chi connectivity index (χ0n) is 19.9. The number of aliphatic hydroxyl groups is 1. The molecule has 192 valence electrons. The van der Waals surface area contributed by atoms with Crippen LogP contribution in [0.2, 0.25) is 0 Å². The molecule has 0 bridgehead atoms. The highest BCUT2D eigenvalue weighted by atomic mass is 16.5. The van der Waals surface area contributed by atoms with E-state index in [0.717, 1.165) is 21.9 Å². The monoisotopic (exact) mass is 499 g/mol. The molecule has 0 saturated heterocycles. The first-order valence-corrected chi connectivity index (χ1v) is 11.0. The van der Waals surface area contributed by atoms with Gasteiger partial charge in [0.05, 0.1) is 20.3 Å². The lowest BCUT2D eigenvalue weighted by atomic mass is 10.0. The van der Waals surface area contributed by atoms with Gasteiger partial charge in [-0.3, -0.25) is 4.68 Å². The van der Waals surface area contributed by atoms with Crippen LogP contribution in [-0.4, -0.2) is 68.9 Å². The molecule has 0 spiro atoms. The van der Waals surface area contributed by atoms with Crippen molar-refractivity contribution in [3.05, 3.63) is 83.2 Å². The van der Waals surface area contributed by atoms with Gasteiger partial charge in [0.1, 0.15) is 11.4 Å². The van der Waals surface area contributed by atoms with Gasteiger partial charge in [0.25, 0.3) is 0 Å². The van der Waals surface area contributed by atoms with Crippen LogP contribution in [0.3, 0.4) is 0 Å². The molecule has 11 heteroatoms. The highest BCUT2D eigenvalue weighted by Gasteiger charge is 2.24. The summed E-state index contributed by atoms with van der Waals surface area (Å²) in [6.45, 7) is 2.10. The molecule has 1 aromatic heterocycles. The number of carboxylic acid groups (broad SMARTS) is 2. The van der Waals surface area contributed by atoms with Crippen molar-refractivity contribution in [2.24, 2.45) is 5.73 Å². The number of benzene rings is 2. The first-order chi connectivity index (χ1) is 17.2. The molecule has 3 aromatic rings.